The first-order valence-electron chi connectivity index (χ1n) is 5.26. The Balaban J connectivity index is 2.29. The number of nitrogens with zero attached hydrogens (tertiary/aromatic N) is 2. The van der Waals surface area contributed by atoms with Crippen molar-refractivity contribution in [3.63, 3.8) is 0 Å². The van der Waals surface area contributed by atoms with Crippen molar-refractivity contribution in [1.29, 1.82) is 0 Å². The minimum atomic E-state index is -1.06. The quantitative estimate of drug-likeness (QED) is 0.906. The number of hydrogen-bond acceptors (Lipinski definition) is 4. The van der Waals surface area contributed by atoms with Crippen LogP contribution in [0.5, 0.6) is 0 Å². The second kappa shape index (κ2) is 5.42. The number of carboxylic acid groups (broad SMARTS) is 1. The average molecular weight is 298 g/mol. The zero-order valence-electron chi connectivity index (χ0n) is 9.82. The fraction of sp³-hybridized carbons (Fsp3) is 0.0833. The van der Waals surface area contributed by atoms with Crippen LogP contribution in [0.3, 0.4) is 0 Å². The summed E-state index contributed by atoms with van der Waals surface area (Å²) >= 11 is 11.8. The molecule has 0 amide bonds. The summed E-state index contributed by atoms with van der Waals surface area (Å²) in [7, 11) is 0. The van der Waals surface area contributed by atoms with Gasteiger partial charge in [-0.05, 0) is 25.1 Å². The maximum atomic E-state index is 10.8. The molecule has 1 aromatic heterocycles. The number of aryl methyl sites for hydroxylation is 1. The van der Waals surface area contributed by atoms with Crippen LogP contribution in [0.2, 0.25) is 10.0 Å². The summed E-state index contributed by atoms with van der Waals surface area (Å²) < 4.78 is 0. The van der Waals surface area contributed by atoms with E-state index in [1.54, 1.807) is 25.1 Å². The van der Waals surface area contributed by atoms with Crippen LogP contribution in [0, 0.1) is 6.92 Å². The van der Waals surface area contributed by atoms with Crippen molar-refractivity contribution in [2.45, 2.75) is 6.92 Å². The van der Waals surface area contributed by atoms with Crippen molar-refractivity contribution >= 4 is 40.8 Å². The molecule has 0 aliphatic rings. The summed E-state index contributed by atoms with van der Waals surface area (Å²) in [6.45, 7) is 1.60. The van der Waals surface area contributed by atoms with Gasteiger partial charge in [-0.3, -0.25) is 0 Å². The number of benzene rings is 1. The van der Waals surface area contributed by atoms with Gasteiger partial charge >= 0.3 is 5.97 Å². The largest absolute Gasteiger partial charge is 0.478 e. The molecule has 2 aromatic rings. The third-order valence-electron chi connectivity index (χ3n) is 2.39. The van der Waals surface area contributed by atoms with E-state index in [2.05, 4.69) is 15.3 Å². The molecule has 0 fully saturated rings. The Morgan fingerprint density at radius 2 is 2.11 bits per heavy atom. The zero-order valence-corrected chi connectivity index (χ0v) is 11.3. The van der Waals surface area contributed by atoms with E-state index in [1.807, 2.05) is 0 Å². The van der Waals surface area contributed by atoms with Gasteiger partial charge in [0.25, 0.3) is 0 Å². The number of nitrogens with one attached hydrogen (secondary N) is 1. The summed E-state index contributed by atoms with van der Waals surface area (Å²) in [6.07, 6.45) is 1.25. The van der Waals surface area contributed by atoms with Crippen molar-refractivity contribution in [2.24, 2.45) is 0 Å². The molecule has 1 heterocycles. The molecule has 5 nitrogen and oxygen atoms in total. The molecule has 0 saturated carbocycles. The highest BCUT2D eigenvalue weighted by atomic mass is 35.5. The van der Waals surface area contributed by atoms with Crippen LogP contribution in [-0.4, -0.2) is 21.0 Å². The first-order chi connectivity index (χ1) is 8.97. The first-order valence-corrected chi connectivity index (χ1v) is 6.02. The van der Waals surface area contributed by atoms with Gasteiger partial charge in [-0.2, -0.15) is 0 Å². The lowest BCUT2D eigenvalue weighted by Crippen LogP contribution is -2.06. The molecule has 2 N–H and O–H groups in total. The summed E-state index contributed by atoms with van der Waals surface area (Å²) in [5.74, 6) is -0.791. The zero-order chi connectivity index (χ0) is 14.0. The van der Waals surface area contributed by atoms with E-state index in [-0.39, 0.29) is 11.5 Å². The SMILES string of the molecule is Cc1nc(Nc2ccc(Cl)cc2Cl)ncc1C(=O)O. The van der Waals surface area contributed by atoms with Gasteiger partial charge in [0.1, 0.15) is 0 Å². The van der Waals surface area contributed by atoms with Gasteiger partial charge in [-0.15, -0.1) is 0 Å². The van der Waals surface area contributed by atoms with Gasteiger partial charge in [0.2, 0.25) is 5.95 Å². The van der Waals surface area contributed by atoms with Crippen LogP contribution in [0.4, 0.5) is 11.6 Å². The lowest BCUT2D eigenvalue weighted by Gasteiger charge is -2.08. The predicted molar refractivity (Wildman–Crippen MR) is 73.5 cm³/mol. The van der Waals surface area contributed by atoms with Gasteiger partial charge in [0.15, 0.2) is 0 Å². The number of carboxylic acids is 1. The Morgan fingerprint density at radius 1 is 1.37 bits per heavy atom. The van der Waals surface area contributed by atoms with E-state index < -0.39 is 5.97 Å². The second-order valence-electron chi connectivity index (χ2n) is 3.75. The van der Waals surface area contributed by atoms with Crippen LogP contribution < -0.4 is 5.32 Å². The van der Waals surface area contributed by atoms with E-state index in [0.29, 0.717) is 21.4 Å². The fourth-order valence-corrected chi connectivity index (χ4v) is 1.90. The molecule has 0 radical (unpaired) electrons. The molecule has 19 heavy (non-hydrogen) atoms. The Hall–Kier alpha value is -1.85. The van der Waals surface area contributed by atoms with Crippen LogP contribution >= 0.6 is 23.2 Å². The molecule has 0 saturated heterocycles. The van der Waals surface area contributed by atoms with Crippen molar-refractivity contribution in [2.75, 3.05) is 5.32 Å². The van der Waals surface area contributed by atoms with E-state index in [4.69, 9.17) is 28.3 Å². The number of aromatic carboxylic acids is 1. The Morgan fingerprint density at radius 3 is 2.68 bits per heavy atom. The van der Waals surface area contributed by atoms with Crippen LogP contribution in [0.15, 0.2) is 24.4 Å². The smallest absolute Gasteiger partial charge is 0.339 e. The number of halogens is 2. The van der Waals surface area contributed by atoms with Crippen molar-refractivity contribution in [3.05, 3.63) is 45.7 Å². The minimum absolute atomic E-state index is 0.0627. The minimum Gasteiger partial charge on any atom is -0.478 e. The molecule has 0 aliphatic heterocycles. The first kappa shape index (κ1) is 13.6. The van der Waals surface area contributed by atoms with Crippen molar-refractivity contribution < 1.29 is 9.90 Å². The lowest BCUT2D eigenvalue weighted by atomic mass is 10.2. The van der Waals surface area contributed by atoms with Crippen LogP contribution in [0.25, 0.3) is 0 Å². The summed E-state index contributed by atoms with van der Waals surface area (Å²) in [5, 5.41) is 12.7. The average Bonchev–Trinajstić information content (AvgIpc) is 2.32. The molecule has 0 spiro atoms. The second-order valence-corrected chi connectivity index (χ2v) is 4.59. The maximum absolute atomic E-state index is 10.8. The summed E-state index contributed by atoms with van der Waals surface area (Å²) in [6, 6.07) is 4.95. The van der Waals surface area contributed by atoms with Crippen molar-refractivity contribution in [3.8, 4) is 0 Å². The Bertz CT molecular complexity index is 647. The number of carbonyl (C=O) groups is 1. The highest BCUT2D eigenvalue weighted by molar-refractivity contribution is 6.36. The van der Waals surface area contributed by atoms with E-state index >= 15 is 0 Å². The summed E-state index contributed by atoms with van der Waals surface area (Å²) in [4.78, 5) is 18.8. The highest BCUT2D eigenvalue weighted by Gasteiger charge is 2.10. The normalized spacial score (nSPS) is 10.3. The van der Waals surface area contributed by atoms with Crippen molar-refractivity contribution in [1.82, 2.24) is 9.97 Å². The summed E-state index contributed by atoms with van der Waals surface area (Å²) in [5.41, 5.74) is 1.02. The van der Waals surface area contributed by atoms with Gasteiger partial charge in [-0.25, -0.2) is 14.8 Å². The van der Waals surface area contributed by atoms with E-state index in [9.17, 15) is 4.79 Å². The molecule has 0 aliphatic carbocycles. The number of rotatable bonds is 3. The van der Waals surface area contributed by atoms with Gasteiger partial charge < -0.3 is 10.4 Å². The highest BCUT2D eigenvalue weighted by Crippen LogP contribution is 2.27. The molecule has 98 valence electrons. The third-order valence-corrected chi connectivity index (χ3v) is 2.94. The van der Waals surface area contributed by atoms with Crippen LogP contribution in [0.1, 0.15) is 16.1 Å². The molecule has 1 aromatic carbocycles. The molecule has 7 heteroatoms. The number of aromatic nitrogens is 2. The standard InChI is InChI=1S/C12H9Cl2N3O2/c1-6-8(11(18)19)5-15-12(16-6)17-10-3-2-7(13)4-9(10)14/h2-5H,1H3,(H,18,19)(H,15,16,17). The molecular weight excluding hydrogens is 289 g/mol. The third kappa shape index (κ3) is 3.13. The predicted octanol–water partition coefficient (Wildman–Crippen LogP) is 3.53. The van der Waals surface area contributed by atoms with Gasteiger partial charge in [0.05, 0.1) is 22.0 Å². The maximum Gasteiger partial charge on any atom is 0.339 e. The van der Waals surface area contributed by atoms with Gasteiger partial charge in [-0.1, -0.05) is 23.2 Å². The van der Waals surface area contributed by atoms with Gasteiger partial charge in [0, 0.05) is 11.2 Å². The molecule has 2 rings (SSSR count). The van der Waals surface area contributed by atoms with E-state index in [0.717, 1.165) is 0 Å². The molecular formula is C12H9Cl2N3O2. The lowest BCUT2D eigenvalue weighted by molar-refractivity contribution is 0.0695. The Labute approximate surface area is 119 Å². The number of hydrogen-bond donors (Lipinski definition) is 2. The fourth-order valence-electron chi connectivity index (χ4n) is 1.45. The number of anilines is 2. The molecule has 0 atom stereocenters. The van der Waals surface area contributed by atoms with Crippen LogP contribution in [-0.2, 0) is 0 Å². The monoisotopic (exact) mass is 297 g/mol. The topological polar surface area (TPSA) is 75.1 Å². The molecule has 0 bridgehead atoms. The Kier molecular flexibility index (Phi) is 3.87. The molecule has 0 unspecified atom stereocenters. The van der Waals surface area contributed by atoms with E-state index in [1.165, 1.54) is 6.20 Å².